The molecule has 5 rings (SSSR count). The summed E-state index contributed by atoms with van der Waals surface area (Å²) < 4.78 is 5.15. The first-order valence-corrected chi connectivity index (χ1v) is 10.7. The second kappa shape index (κ2) is 7.78. The van der Waals surface area contributed by atoms with E-state index in [4.69, 9.17) is 9.72 Å². The number of ether oxygens (including phenoxy) is 1. The molecule has 6 heteroatoms. The Morgan fingerprint density at radius 3 is 2.74 bits per heavy atom. The molecule has 158 valence electrons. The Balaban J connectivity index is 1.24. The molecule has 2 aliphatic rings. The fourth-order valence-corrected chi connectivity index (χ4v) is 4.49. The maximum absolute atomic E-state index is 12.9. The smallest absolute Gasteiger partial charge is 0.338 e. The molecule has 6 nitrogen and oxygen atoms in total. The van der Waals surface area contributed by atoms with Crippen LogP contribution in [0.2, 0.25) is 0 Å². The van der Waals surface area contributed by atoms with Gasteiger partial charge in [0.05, 0.1) is 17.6 Å². The molecule has 0 unspecified atom stereocenters. The van der Waals surface area contributed by atoms with E-state index in [0.717, 1.165) is 47.4 Å². The second-order valence-corrected chi connectivity index (χ2v) is 8.39. The molecule has 3 heterocycles. The van der Waals surface area contributed by atoms with Crippen molar-refractivity contribution in [3.63, 3.8) is 0 Å². The molecule has 0 aliphatic carbocycles. The van der Waals surface area contributed by atoms with Crippen LogP contribution in [-0.2, 0) is 22.6 Å². The first-order chi connectivity index (χ1) is 15.0. The Labute approximate surface area is 181 Å². The van der Waals surface area contributed by atoms with E-state index in [1.54, 1.807) is 4.90 Å². The average molecular weight is 415 g/mol. The molecule has 1 aromatic heterocycles. The van der Waals surface area contributed by atoms with Gasteiger partial charge in [-0.05, 0) is 61.7 Å². The van der Waals surface area contributed by atoms with E-state index in [0.29, 0.717) is 25.3 Å². The molecule has 0 atom stereocenters. The summed E-state index contributed by atoms with van der Waals surface area (Å²) in [6.45, 7) is 7.11. The summed E-state index contributed by atoms with van der Waals surface area (Å²) in [6, 6.07) is 14.0. The van der Waals surface area contributed by atoms with Gasteiger partial charge in [-0.25, -0.2) is 9.78 Å². The monoisotopic (exact) mass is 415 g/mol. The maximum atomic E-state index is 12.9. The van der Waals surface area contributed by atoms with Gasteiger partial charge in [-0.15, -0.1) is 0 Å². The van der Waals surface area contributed by atoms with Crippen LogP contribution >= 0.6 is 0 Å². The third-order valence-corrected chi connectivity index (χ3v) is 6.38. The van der Waals surface area contributed by atoms with Crippen molar-refractivity contribution in [2.75, 3.05) is 31.1 Å². The molecule has 0 bridgehead atoms. The Morgan fingerprint density at radius 2 is 1.90 bits per heavy atom. The Bertz CT molecular complexity index is 1200. The van der Waals surface area contributed by atoms with Crippen LogP contribution in [0.5, 0.6) is 0 Å². The topological polar surface area (TPSA) is 62.7 Å². The van der Waals surface area contributed by atoms with Gasteiger partial charge in [0, 0.05) is 30.6 Å². The summed E-state index contributed by atoms with van der Waals surface area (Å²) in [6.07, 6.45) is 0.841. The summed E-state index contributed by atoms with van der Waals surface area (Å²) in [5, 5.41) is 1.09. The van der Waals surface area contributed by atoms with Gasteiger partial charge in [0.25, 0.3) is 0 Å². The van der Waals surface area contributed by atoms with Crippen molar-refractivity contribution < 1.29 is 14.3 Å². The third-order valence-electron chi connectivity index (χ3n) is 6.38. The average Bonchev–Trinajstić information content (AvgIpc) is 3.14. The first-order valence-electron chi connectivity index (χ1n) is 10.7. The minimum Gasteiger partial charge on any atom is -0.457 e. The van der Waals surface area contributed by atoms with Gasteiger partial charge in [-0.2, -0.15) is 0 Å². The van der Waals surface area contributed by atoms with Crippen LogP contribution in [0.3, 0.4) is 0 Å². The lowest BCUT2D eigenvalue weighted by molar-refractivity contribution is -0.121. The van der Waals surface area contributed by atoms with Gasteiger partial charge in [0.1, 0.15) is 12.4 Å². The van der Waals surface area contributed by atoms with Crippen LogP contribution in [0.1, 0.15) is 32.6 Å². The number of carbonyl (C=O) groups excluding carboxylic acids is 2. The van der Waals surface area contributed by atoms with Crippen molar-refractivity contribution in [1.82, 2.24) is 9.88 Å². The molecule has 0 N–H and O–H groups in total. The van der Waals surface area contributed by atoms with Gasteiger partial charge < -0.3 is 4.74 Å². The molecule has 2 aromatic carbocycles. The number of aromatic nitrogens is 1. The first kappa shape index (κ1) is 19.7. The summed E-state index contributed by atoms with van der Waals surface area (Å²) in [5.74, 6) is 0.568. The fraction of sp³-hybridized carbons (Fsp3) is 0.320. The Kier molecular flexibility index (Phi) is 4.94. The van der Waals surface area contributed by atoms with Crippen molar-refractivity contribution in [1.29, 1.82) is 0 Å². The number of nitrogens with zero attached hydrogens (tertiary/aromatic N) is 3. The van der Waals surface area contributed by atoms with Crippen molar-refractivity contribution in [2.45, 2.75) is 26.9 Å². The van der Waals surface area contributed by atoms with Gasteiger partial charge in [-0.1, -0.05) is 17.7 Å². The van der Waals surface area contributed by atoms with Crippen molar-refractivity contribution in [3.05, 3.63) is 70.3 Å². The number of carbonyl (C=O) groups is 2. The van der Waals surface area contributed by atoms with E-state index in [1.165, 1.54) is 11.1 Å². The molecule has 31 heavy (non-hydrogen) atoms. The van der Waals surface area contributed by atoms with Crippen LogP contribution in [0.15, 0.2) is 42.5 Å². The zero-order valence-corrected chi connectivity index (χ0v) is 17.9. The minimum atomic E-state index is -0.233. The molecule has 1 amide bonds. The summed E-state index contributed by atoms with van der Waals surface area (Å²) in [7, 11) is 0. The number of rotatable bonds is 4. The predicted octanol–water partition coefficient (Wildman–Crippen LogP) is 3.41. The number of benzene rings is 2. The number of aryl methyl sites for hydroxylation is 1. The molecule has 3 aromatic rings. The van der Waals surface area contributed by atoms with E-state index in [1.807, 2.05) is 43.3 Å². The number of hydrogen-bond acceptors (Lipinski definition) is 5. The van der Waals surface area contributed by atoms with Crippen molar-refractivity contribution in [2.24, 2.45) is 0 Å². The minimum absolute atomic E-state index is 0.0786. The SMILES string of the molecule is Cc1ccc2nc(N3CCN(CCc4ccc5c(c4C)COC5=O)CC3=O)ccc2c1. The highest BCUT2D eigenvalue weighted by Crippen LogP contribution is 2.26. The molecule has 0 saturated carbocycles. The molecular formula is C25H25N3O3. The highest BCUT2D eigenvalue weighted by atomic mass is 16.5. The van der Waals surface area contributed by atoms with E-state index in [-0.39, 0.29) is 11.9 Å². The number of anilines is 1. The standard InChI is InChI=1S/C25H25N3O3/c1-16-3-7-22-19(13-16)5-8-23(26-22)28-12-11-27(14-24(28)29)10-9-18-4-6-20-21(17(18)2)15-31-25(20)30/h3-8,13H,9-12,14-15H2,1-2H3. The highest BCUT2D eigenvalue weighted by Gasteiger charge is 2.27. The summed E-state index contributed by atoms with van der Waals surface area (Å²) >= 11 is 0. The van der Waals surface area contributed by atoms with Gasteiger partial charge in [0.2, 0.25) is 5.91 Å². The van der Waals surface area contributed by atoms with Gasteiger partial charge in [0.15, 0.2) is 0 Å². The zero-order valence-electron chi connectivity index (χ0n) is 17.9. The van der Waals surface area contributed by atoms with Crippen molar-refractivity contribution >= 4 is 28.6 Å². The summed E-state index contributed by atoms with van der Waals surface area (Å²) in [4.78, 5) is 33.3. The molecular weight excluding hydrogens is 390 g/mol. The van der Waals surface area contributed by atoms with Crippen LogP contribution in [0.25, 0.3) is 10.9 Å². The lowest BCUT2D eigenvalue weighted by atomic mass is 9.96. The molecule has 1 fully saturated rings. The van der Waals surface area contributed by atoms with Crippen LogP contribution in [0.4, 0.5) is 5.82 Å². The van der Waals surface area contributed by atoms with E-state index >= 15 is 0 Å². The number of esters is 1. The Hall–Kier alpha value is -3.25. The largest absolute Gasteiger partial charge is 0.457 e. The number of cyclic esters (lactones) is 1. The molecule has 2 aliphatic heterocycles. The fourth-order valence-electron chi connectivity index (χ4n) is 4.49. The number of piperazine rings is 1. The highest BCUT2D eigenvalue weighted by molar-refractivity contribution is 5.96. The van der Waals surface area contributed by atoms with Crippen LogP contribution in [-0.4, -0.2) is 47.9 Å². The molecule has 0 radical (unpaired) electrons. The van der Waals surface area contributed by atoms with Crippen LogP contribution in [0, 0.1) is 13.8 Å². The third kappa shape index (κ3) is 3.68. The Morgan fingerprint density at radius 1 is 1.03 bits per heavy atom. The number of hydrogen-bond donors (Lipinski definition) is 0. The van der Waals surface area contributed by atoms with E-state index < -0.39 is 0 Å². The van der Waals surface area contributed by atoms with Crippen molar-refractivity contribution in [3.8, 4) is 0 Å². The summed E-state index contributed by atoms with van der Waals surface area (Å²) in [5.41, 5.74) is 6.13. The maximum Gasteiger partial charge on any atom is 0.338 e. The van der Waals surface area contributed by atoms with E-state index in [2.05, 4.69) is 17.9 Å². The zero-order chi connectivity index (χ0) is 21.5. The predicted molar refractivity (Wildman–Crippen MR) is 119 cm³/mol. The normalized spacial score (nSPS) is 16.6. The van der Waals surface area contributed by atoms with Gasteiger partial charge in [-0.3, -0.25) is 14.6 Å². The number of fused-ring (bicyclic) bond motifs is 2. The van der Waals surface area contributed by atoms with E-state index in [9.17, 15) is 9.59 Å². The lowest BCUT2D eigenvalue weighted by Gasteiger charge is -2.33. The quantitative estimate of drug-likeness (QED) is 0.611. The second-order valence-electron chi connectivity index (χ2n) is 8.39. The lowest BCUT2D eigenvalue weighted by Crippen LogP contribution is -2.51. The van der Waals surface area contributed by atoms with Gasteiger partial charge >= 0.3 is 5.97 Å². The number of pyridine rings is 1. The number of amides is 1. The molecule has 1 saturated heterocycles. The van der Waals surface area contributed by atoms with Crippen LogP contribution < -0.4 is 4.90 Å². The molecule has 0 spiro atoms.